The summed E-state index contributed by atoms with van der Waals surface area (Å²) in [6.07, 6.45) is 0.938. The van der Waals surface area contributed by atoms with E-state index in [1.165, 1.54) is 0 Å². The maximum atomic E-state index is 11.6. The van der Waals surface area contributed by atoms with Crippen LogP contribution in [0.1, 0.15) is 30.1 Å². The van der Waals surface area contributed by atoms with Crippen molar-refractivity contribution in [2.24, 2.45) is 0 Å². The van der Waals surface area contributed by atoms with E-state index in [2.05, 4.69) is 4.74 Å². The van der Waals surface area contributed by atoms with Crippen LogP contribution >= 0.6 is 0 Å². The first-order valence-corrected chi connectivity index (χ1v) is 5.57. The first-order chi connectivity index (χ1) is 8.04. The molecule has 0 saturated carbocycles. The first-order valence-electron chi connectivity index (χ1n) is 5.57. The van der Waals surface area contributed by atoms with Gasteiger partial charge in [-0.3, -0.25) is 4.79 Å². The maximum absolute atomic E-state index is 11.6. The molecule has 4 nitrogen and oxygen atoms in total. The monoisotopic (exact) mass is 235 g/mol. The minimum absolute atomic E-state index is 0.265. The Morgan fingerprint density at radius 2 is 1.76 bits per heavy atom. The molecule has 1 rings (SSSR count). The molecule has 0 spiro atoms. The Bertz CT molecular complexity index is 396. The van der Waals surface area contributed by atoms with Crippen LogP contribution in [0, 0.1) is 0 Å². The molecule has 0 unspecified atom stereocenters. The van der Waals surface area contributed by atoms with E-state index in [4.69, 9.17) is 0 Å². The van der Waals surface area contributed by atoms with Gasteiger partial charge in [0.25, 0.3) is 0 Å². The highest BCUT2D eigenvalue weighted by Gasteiger charge is 2.12. The van der Waals surface area contributed by atoms with E-state index in [0.29, 0.717) is 12.0 Å². The first kappa shape index (κ1) is 13.2. The van der Waals surface area contributed by atoms with Crippen LogP contribution in [0.15, 0.2) is 24.3 Å². The van der Waals surface area contributed by atoms with Gasteiger partial charge in [-0.25, -0.2) is 4.79 Å². The molecule has 0 N–H and O–H groups in total. The highest BCUT2D eigenvalue weighted by atomic mass is 16.6. The average molecular weight is 235 g/mol. The zero-order valence-electron chi connectivity index (χ0n) is 10.4. The van der Waals surface area contributed by atoms with E-state index in [1.807, 2.05) is 25.9 Å². The summed E-state index contributed by atoms with van der Waals surface area (Å²) in [5.74, 6) is -1.07. The third-order valence-corrected chi connectivity index (χ3v) is 2.28. The van der Waals surface area contributed by atoms with Crippen LogP contribution < -0.4 is 4.90 Å². The lowest BCUT2D eigenvalue weighted by atomic mass is 10.2. The SMILES string of the molecule is CCCC(=O)OC(=O)c1ccc(N(C)C)cc1. The van der Waals surface area contributed by atoms with Crippen LogP contribution in [-0.2, 0) is 9.53 Å². The van der Waals surface area contributed by atoms with Gasteiger partial charge in [-0.2, -0.15) is 0 Å². The smallest absolute Gasteiger partial charge is 0.345 e. The van der Waals surface area contributed by atoms with Gasteiger partial charge in [0.2, 0.25) is 0 Å². The number of rotatable bonds is 4. The van der Waals surface area contributed by atoms with E-state index >= 15 is 0 Å². The summed E-state index contributed by atoms with van der Waals surface area (Å²) in [7, 11) is 3.83. The Morgan fingerprint density at radius 1 is 1.18 bits per heavy atom. The number of carbonyl (C=O) groups is 2. The number of nitrogens with zero attached hydrogens (tertiary/aromatic N) is 1. The van der Waals surface area contributed by atoms with Crippen molar-refractivity contribution in [3.05, 3.63) is 29.8 Å². The normalized spacial score (nSPS) is 9.82. The fraction of sp³-hybridized carbons (Fsp3) is 0.385. The lowest BCUT2D eigenvalue weighted by Crippen LogP contribution is -2.13. The van der Waals surface area contributed by atoms with Crippen molar-refractivity contribution in [3.63, 3.8) is 0 Å². The van der Waals surface area contributed by atoms with Gasteiger partial charge in [0.1, 0.15) is 0 Å². The summed E-state index contributed by atoms with van der Waals surface area (Å²) in [6, 6.07) is 6.91. The Hall–Kier alpha value is -1.84. The molecule has 1 aromatic rings. The molecule has 1 aromatic carbocycles. The van der Waals surface area contributed by atoms with E-state index < -0.39 is 11.9 Å². The lowest BCUT2D eigenvalue weighted by molar-refractivity contribution is -0.137. The molecule has 0 aliphatic rings. The summed E-state index contributed by atoms with van der Waals surface area (Å²) >= 11 is 0. The number of benzene rings is 1. The maximum Gasteiger partial charge on any atom is 0.345 e. The third-order valence-electron chi connectivity index (χ3n) is 2.28. The van der Waals surface area contributed by atoms with Gasteiger partial charge >= 0.3 is 11.9 Å². The lowest BCUT2D eigenvalue weighted by Gasteiger charge is -2.12. The van der Waals surface area contributed by atoms with Crippen LogP contribution in [0.2, 0.25) is 0 Å². The van der Waals surface area contributed by atoms with Crippen molar-refractivity contribution in [1.29, 1.82) is 0 Å². The molecule has 0 atom stereocenters. The number of esters is 2. The minimum Gasteiger partial charge on any atom is -0.389 e. The van der Waals surface area contributed by atoms with Gasteiger partial charge in [-0.1, -0.05) is 6.92 Å². The van der Waals surface area contributed by atoms with Crippen molar-refractivity contribution in [2.75, 3.05) is 19.0 Å². The van der Waals surface area contributed by atoms with Crippen molar-refractivity contribution in [1.82, 2.24) is 0 Å². The predicted octanol–water partition coefficient (Wildman–Crippen LogP) is 2.24. The zero-order chi connectivity index (χ0) is 12.8. The Balaban J connectivity index is 2.67. The van der Waals surface area contributed by atoms with Gasteiger partial charge in [-0.05, 0) is 30.7 Å². The molecule has 0 bridgehead atoms. The summed E-state index contributed by atoms with van der Waals surface area (Å²) < 4.78 is 4.69. The largest absolute Gasteiger partial charge is 0.389 e. The molecular formula is C13H17NO3. The Morgan fingerprint density at radius 3 is 2.24 bits per heavy atom. The summed E-state index contributed by atoms with van der Waals surface area (Å²) in [6.45, 7) is 1.86. The van der Waals surface area contributed by atoms with Crippen LogP contribution in [0.5, 0.6) is 0 Å². The van der Waals surface area contributed by atoms with Crippen molar-refractivity contribution < 1.29 is 14.3 Å². The number of hydrogen-bond acceptors (Lipinski definition) is 4. The fourth-order valence-electron chi connectivity index (χ4n) is 1.31. The number of carbonyl (C=O) groups excluding carboxylic acids is 2. The van der Waals surface area contributed by atoms with Gasteiger partial charge in [0, 0.05) is 26.2 Å². The quantitative estimate of drug-likeness (QED) is 0.593. The van der Waals surface area contributed by atoms with E-state index in [0.717, 1.165) is 5.69 Å². The highest BCUT2D eigenvalue weighted by Crippen LogP contribution is 2.13. The standard InChI is InChI=1S/C13H17NO3/c1-4-5-12(15)17-13(16)10-6-8-11(9-7-10)14(2)3/h6-9H,4-5H2,1-3H3. The zero-order valence-corrected chi connectivity index (χ0v) is 10.4. The number of hydrogen-bond donors (Lipinski definition) is 0. The summed E-state index contributed by atoms with van der Waals surface area (Å²) in [5.41, 5.74) is 1.38. The fourth-order valence-corrected chi connectivity index (χ4v) is 1.31. The van der Waals surface area contributed by atoms with Crippen LogP contribution in [0.3, 0.4) is 0 Å². The van der Waals surface area contributed by atoms with Crippen LogP contribution in [0.4, 0.5) is 5.69 Å². The molecule has 0 saturated heterocycles. The van der Waals surface area contributed by atoms with E-state index in [1.54, 1.807) is 24.3 Å². The van der Waals surface area contributed by atoms with Gasteiger partial charge in [0.15, 0.2) is 0 Å². The van der Waals surface area contributed by atoms with Crippen molar-refractivity contribution >= 4 is 17.6 Å². The van der Waals surface area contributed by atoms with Crippen LogP contribution in [-0.4, -0.2) is 26.0 Å². The van der Waals surface area contributed by atoms with Crippen molar-refractivity contribution in [3.8, 4) is 0 Å². The molecule has 0 aliphatic heterocycles. The van der Waals surface area contributed by atoms with Crippen molar-refractivity contribution in [2.45, 2.75) is 19.8 Å². The summed E-state index contributed by atoms with van der Waals surface area (Å²) in [5, 5.41) is 0. The Labute approximate surface area is 101 Å². The molecule has 0 fully saturated rings. The minimum atomic E-state index is -0.589. The second-order valence-corrected chi connectivity index (χ2v) is 3.95. The molecule has 0 aromatic heterocycles. The van der Waals surface area contributed by atoms with E-state index in [9.17, 15) is 9.59 Å². The third kappa shape index (κ3) is 3.90. The van der Waals surface area contributed by atoms with Gasteiger partial charge in [0.05, 0.1) is 5.56 Å². The molecule has 17 heavy (non-hydrogen) atoms. The van der Waals surface area contributed by atoms with Crippen LogP contribution in [0.25, 0.3) is 0 Å². The number of ether oxygens (including phenoxy) is 1. The molecule has 4 heteroatoms. The molecule has 0 heterocycles. The second kappa shape index (κ2) is 6.03. The predicted molar refractivity (Wildman–Crippen MR) is 66.1 cm³/mol. The molecule has 92 valence electrons. The average Bonchev–Trinajstić information content (AvgIpc) is 2.29. The molecule has 0 amide bonds. The number of anilines is 1. The van der Waals surface area contributed by atoms with Gasteiger partial charge in [-0.15, -0.1) is 0 Å². The topological polar surface area (TPSA) is 46.6 Å². The Kier molecular flexibility index (Phi) is 4.69. The summed E-state index contributed by atoms with van der Waals surface area (Å²) in [4.78, 5) is 24.6. The molecule has 0 aliphatic carbocycles. The molecule has 0 radical (unpaired) electrons. The van der Waals surface area contributed by atoms with Gasteiger partial charge < -0.3 is 9.64 Å². The highest BCUT2D eigenvalue weighted by molar-refractivity contribution is 5.97. The molecular weight excluding hydrogens is 218 g/mol. The van der Waals surface area contributed by atoms with E-state index in [-0.39, 0.29) is 6.42 Å². The second-order valence-electron chi connectivity index (χ2n) is 3.95.